The van der Waals surface area contributed by atoms with Crippen LogP contribution in [0.3, 0.4) is 0 Å². The molecule has 0 spiro atoms. The Morgan fingerprint density at radius 1 is 1.24 bits per heavy atom. The number of fused-ring (bicyclic) bond motifs is 1. The molecule has 0 saturated carbocycles. The van der Waals surface area contributed by atoms with Crippen LogP contribution in [-0.2, 0) is 19.6 Å². The molecule has 0 aliphatic carbocycles. The Bertz CT molecular complexity index is 727. The number of rotatable bonds is 6. The predicted octanol–water partition coefficient (Wildman–Crippen LogP) is 2.61. The first-order chi connectivity index (χ1) is 12.0. The fraction of sp³-hybridized carbons (Fsp3) is 0.526. The summed E-state index contributed by atoms with van der Waals surface area (Å²) < 4.78 is 12.9. The molecule has 3 rings (SSSR count). The van der Waals surface area contributed by atoms with Crippen molar-refractivity contribution >= 4 is 0 Å². The van der Waals surface area contributed by atoms with Gasteiger partial charge < -0.3 is 14.6 Å². The summed E-state index contributed by atoms with van der Waals surface area (Å²) in [4.78, 5) is 2.21. The second-order valence-electron chi connectivity index (χ2n) is 7.01. The molecule has 6 heteroatoms. The summed E-state index contributed by atoms with van der Waals surface area (Å²) in [5, 5.41) is 15.1. The van der Waals surface area contributed by atoms with Gasteiger partial charge in [0.2, 0.25) is 0 Å². The lowest BCUT2D eigenvalue weighted by molar-refractivity contribution is 0.0843. The van der Waals surface area contributed by atoms with Crippen LogP contribution in [0.15, 0.2) is 24.5 Å². The Balaban J connectivity index is 1.80. The van der Waals surface area contributed by atoms with E-state index in [9.17, 15) is 5.11 Å². The van der Waals surface area contributed by atoms with Crippen LogP contribution in [0.4, 0.5) is 0 Å². The molecule has 0 amide bonds. The maximum atomic E-state index is 10.7. The molecule has 136 valence electrons. The van der Waals surface area contributed by atoms with Crippen LogP contribution in [0.5, 0.6) is 11.5 Å². The third-order valence-corrected chi connectivity index (χ3v) is 4.51. The molecule has 0 saturated heterocycles. The van der Waals surface area contributed by atoms with E-state index in [1.165, 1.54) is 0 Å². The van der Waals surface area contributed by atoms with Crippen LogP contribution in [0, 0.1) is 5.92 Å². The number of benzene rings is 1. The normalized spacial score (nSPS) is 17.6. The highest BCUT2D eigenvalue weighted by molar-refractivity contribution is 5.51. The third kappa shape index (κ3) is 3.80. The lowest BCUT2D eigenvalue weighted by Gasteiger charge is -2.33. The first-order valence-electron chi connectivity index (χ1n) is 8.67. The Morgan fingerprint density at radius 2 is 1.96 bits per heavy atom. The van der Waals surface area contributed by atoms with Gasteiger partial charge in [-0.1, -0.05) is 13.8 Å². The largest absolute Gasteiger partial charge is 0.496 e. The number of ether oxygens (including phenoxy) is 2. The van der Waals surface area contributed by atoms with Gasteiger partial charge in [0.15, 0.2) is 0 Å². The fourth-order valence-electron chi connectivity index (χ4n) is 3.49. The highest BCUT2D eigenvalue weighted by atomic mass is 16.5. The van der Waals surface area contributed by atoms with Crippen molar-refractivity contribution in [1.29, 1.82) is 0 Å². The summed E-state index contributed by atoms with van der Waals surface area (Å²) >= 11 is 0. The second kappa shape index (κ2) is 7.45. The molecule has 6 nitrogen and oxygen atoms in total. The van der Waals surface area contributed by atoms with Crippen molar-refractivity contribution in [2.24, 2.45) is 5.92 Å². The smallest absolute Gasteiger partial charge is 0.125 e. The molecule has 1 aromatic carbocycles. The predicted molar refractivity (Wildman–Crippen MR) is 95.7 cm³/mol. The molecule has 0 radical (unpaired) electrons. The van der Waals surface area contributed by atoms with Gasteiger partial charge in [0, 0.05) is 49.1 Å². The molecule has 2 heterocycles. The van der Waals surface area contributed by atoms with Crippen molar-refractivity contribution in [3.63, 3.8) is 0 Å². The van der Waals surface area contributed by atoms with E-state index in [-0.39, 0.29) is 0 Å². The van der Waals surface area contributed by atoms with Crippen molar-refractivity contribution in [3.8, 4) is 11.5 Å². The lowest BCUT2D eigenvalue weighted by atomic mass is 9.95. The number of aliphatic hydroxyl groups is 1. The van der Waals surface area contributed by atoms with E-state index >= 15 is 0 Å². The fourth-order valence-corrected chi connectivity index (χ4v) is 3.49. The summed E-state index contributed by atoms with van der Waals surface area (Å²) in [5.41, 5.74) is 2.99. The average molecular weight is 345 g/mol. The van der Waals surface area contributed by atoms with Crippen molar-refractivity contribution in [2.75, 3.05) is 20.8 Å². The molecule has 25 heavy (non-hydrogen) atoms. The van der Waals surface area contributed by atoms with Gasteiger partial charge in [-0.05, 0) is 18.1 Å². The molecule has 1 atom stereocenters. The van der Waals surface area contributed by atoms with E-state index < -0.39 is 6.10 Å². The molecule has 1 aliphatic heterocycles. The zero-order valence-corrected chi connectivity index (χ0v) is 15.4. The van der Waals surface area contributed by atoms with Crippen LogP contribution in [0.2, 0.25) is 0 Å². The molecule has 0 bridgehead atoms. The van der Waals surface area contributed by atoms with E-state index in [4.69, 9.17) is 9.47 Å². The standard InChI is InChI=1S/C19H27N3O3/c1-13(2)8-22-10-14(7-20-22)9-21-11-15-17(24-3)5-6-18(25-4)19(15)16(23)12-21/h5-7,10,13,16,23H,8-9,11-12H2,1-4H3/t16-/m0/s1. The maximum Gasteiger partial charge on any atom is 0.125 e. The first-order valence-corrected chi connectivity index (χ1v) is 8.67. The van der Waals surface area contributed by atoms with Gasteiger partial charge in [-0.2, -0.15) is 5.10 Å². The number of β-amino-alcohol motifs (C(OH)–C–C–N with tert-alkyl or cyclic N) is 1. The minimum atomic E-state index is -0.598. The minimum Gasteiger partial charge on any atom is -0.496 e. The number of aliphatic hydroxyl groups excluding tert-OH is 1. The SMILES string of the molecule is COc1ccc(OC)c2c1CN(Cc1cnn(CC(C)C)c1)C[C@@H]2O. The summed E-state index contributed by atoms with van der Waals surface area (Å²) in [6.45, 7) is 7.29. The zero-order valence-electron chi connectivity index (χ0n) is 15.4. The molecule has 1 aliphatic rings. The summed E-state index contributed by atoms with van der Waals surface area (Å²) in [5.74, 6) is 2.07. The van der Waals surface area contributed by atoms with E-state index in [2.05, 4.69) is 30.0 Å². The molecule has 0 unspecified atom stereocenters. The molecule has 1 aromatic heterocycles. The van der Waals surface area contributed by atoms with E-state index in [1.54, 1.807) is 14.2 Å². The van der Waals surface area contributed by atoms with Crippen LogP contribution >= 0.6 is 0 Å². The highest BCUT2D eigenvalue weighted by Crippen LogP contribution is 2.39. The number of hydrogen-bond donors (Lipinski definition) is 1. The number of nitrogens with zero attached hydrogens (tertiary/aromatic N) is 3. The van der Waals surface area contributed by atoms with Gasteiger partial charge in [0.05, 0.1) is 26.5 Å². The average Bonchev–Trinajstić information content (AvgIpc) is 2.99. The Morgan fingerprint density at radius 3 is 2.64 bits per heavy atom. The summed E-state index contributed by atoms with van der Waals surface area (Å²) in [6.07, 6.45) is 3.40. The van der Waals surface area contributed by atoms with Crippen molar-refractivity contribution in [1.82, 2.24) is 14.7 Å². The Labute approximate surface area is 149 Å². The van der Waals surface area contributed by atoms with Gasteiger partial charge in [-0.15, -0.1) is 0 Å². The van der Waals surface area contributed by atoms with Gasteiger partial charge >= 0.3 is 0 Å². The molecular formula is C19H27N3O3. The number of hydrogen-bond acceptors (Lipinski definition) is 5. The first kappa shape index (κ1) is 17.8. The van der Waals surface area contributed by atoms with Crippen molar-refractivity contribution in [3.05, 3.63) is 41.2 Å². The Hall–Kier alpha value is -2.05. The number of methoxy groups -OCH3 is 2. The minimum absolute atomic E-state index is 0.561. The monoisotopic (exact) mass is 345 g/mol. The van der Waals surface area contributed by atoms with Crippen LogP contribution in [-0.4, -0.2) is 40.6 Å². The quantitative estimate of drug-likeness (QED) is 0.872. The topological polar surface area (TPSA) is 59.8 Å². The number of aromatic nitrogens is 2. The van der Waals surface area contributed by atoms with E-state index in [0.29, 0.717) is 24.8 Å². The van der Waals surface area contributed by atoms with Crippen LogP contribution < -0.4 is 9.47 Å². The van der Waals surface area contributed by atoms with Gasteiger partial charge in [-0.25, -0.2) is 0 Å². The second-order valence-corrected chi connectivity index (χ2v) is 7.01. The van der Waals surface area contributed by atoms with Crippen molar-refractivity contribution in [2.45, 2.75) is 39.6 Å². The van der Waals surface area contributed by atoms with Crippen LogP contribution in [0.25, 0.3) is 0 Å². The van der Waals surface area contributed by atoms with Crippen molar-refractivity contribution < 1.29 is 14.6 Å². The van der Waals surface area contributed by atoms with Gasteiger partial charge in [0.1, 0.15) is 11.5 Å². The summed E-state index contributed by atoms with van der Waals surface area (Å²) in [6, 6.07) is 3.75. The highest BCUT2D eigenvalue weighted by Gasteiger charge is 2.29. The molecule has 2 aromatic rings. The van der Waals surface area contributed by atoms with Gasteiger partial charge in [0.25, 0.3) is 0 Å². The van der Waals surface area contributed by atoms with Gasteiger partial charge in [-0.3, -0.25) is 9.58 Å². The Kier molecular flexibility index (Phi) is 5.30. The maximum absolute atomic E-state index is 10.7. The molecular weight excluding hydrogens is 318 g/mol. The van der Waals surface area contributed by atoms with Crippen LogP contribution in [0.1, 0.15) is 36.6 Å². The zero-order chi connectivity index (χ0) is 18.0. The van der Waals surface area contributed by atoms with E-state index in [0.717, 1.165) is 35.5 Å². The summed E-state index contributed by atoms with van der Waals surface area (Å²) in [7, 11) is 3.29. The molecule has 0 fully saturated rings. The lowest BCUT2D eigenvalue weighted by Crippen LogP contribution is -2.33. The van der Waals surface area contributed by atoms with E-state index in [1.807, 2.05) is 23.0 Å². The molecule has 1 N–H and O–H groups in total. The third-order valence-electron chi connectivity index (χ3n) is 4.51.